The highest BCUT2D eigenvalue weighted by Crippen LogP contribution is 2.32. The Morgan fingerprint density at radius 1 is 0.562 bits per heavy atom. The van der Waals surface area contributed by atoms with Crippen molar-refractivity contribution in [3.8, 4) is 0 Å². The zero-order valence-electron chi connectivity index (χ0n) is 43.3. The van der Waals surface area contributed by atoms with Gasteiger partial charge in [-0.2, -0.15) is 0 Å². The van der Waals surface area contributed by atoms with E-state index < -0.39 is 29.7 Å². The number of esters is 1. The summed E-state index contributed by atoms with van der Waals surface area (Å²) in [6, 6.07) is 3.52. The average molecular weight is 1040 g/mol. The largest absolute Gasteiger partial charge is 0.463 e. The topological polar surface area (TPSA) is 250 Å². The van der Waals surface area contributed by atoms with Gasteiger partial charge in [-0.15, -0.1) is 0 Å². The number of hydrogen-bond acceptors (Lipinski definition) is 19. The van der Waals surface area contributed by atoms with Crippen LogP contribution in [0.4, 0.5) is 5.69 Å². The molecule has 0 aromatic heterocycles. The van der Waals surface area contributed by atoms with Gasteiger partial charge in [0, 0.05) is 19.4 Å². The first-order valence-electron chi connectivity index (χ1n) is 26.0. The van der Waals surface area contributed by atoms with Crippen molar-refractivity contribution in [3.05, 3.63) is 29.3 Å². The van der Waals surface area contributed by atoms with Crippen molar-refractivity contribution in [3.63, 3.8) is 0 Å². The SMILES string of the molecule is CCCCC(CC)C(=O)OCCOCCOCCOCCOCCOCCOCCOCCOCCOCCOCCOCCOCCCCCC(=O)Nc1cccc2c1C(=O)N(C1CCC(=O)NC1=O)C2=O. The zero-order chi connectivity index (χ0) is 52.4. The van der Waals surface area contributed by atoms with E-state index in [2.05, 4.69) is 17.6 Å². The van der Waals surface area contributed by atoms with Gasteiger partial charge in [-0.05, 0) is 44.2 Å². The van der Waals surface area contributed by atoms with E-state index in [9.17, 15) is 28.8 Å². The number of rotatable bonds is 49. The molecule has 3 rings (SSSR count). The van der Waals surface area contributed by atoms with Crippen LogP contribution in [0, 0.1) is 5.92 Å². The first-order valence-corrected chi connectivity index (χ1v) is 26.0. The molecule has 2 aliphatic heterocycles. The van der Waals surface area contributed by atoms with Crippen molar-refractivity contribution >= 4 is 41.2 Å². The van der Waals surface area contributed by atoms with Crippen LogP contribution in [0.5, 0.6) is 0 Å². The molecule has 2 N–H and O–H groups in total. The van der Waals surface area contributed by atoms with Gasteiger partial charge in [0.1, 0.15) is 12.6 Å². The number of benzene rings is 1. The Kier molecular flexibility index (Phi) is 36.6. The van der Waals surface area contributed by atoms with Gasteiger partial charge in [-0.1, -0.05) is 39.2 Å². The standard InChI is InChI=1S/C51H83N3O19/c1-3-5-10-41(4-2)51(60)73-40-39-72-38-37-71-36-35-70-34-33-69-32-31-68-30-29-67-28-27-66-26-25-65-24-23-64-22-21-63-20-19-62-18-17-61-16-8-6-7-13-45(55)52-43-12-9-11-42-47(43)50(59)54(49(42)58)44-14-15-46(56)53-48(44)57/h9,11-12,41,44H,3-8,10,13-40H2,1-2H3,(H,52,55)(H,53,56,57). The van der Waals surface area contributed by atoms with Crippen LogP contribution in [0.3, 0.4) is 0 Å². The van der Waals surface area contributed by atoms with Gasteiger partial charge in [0.2, 0.25) is 17.7 Å². The van der Waals surface area contributed by atoms with Crippen LogP contribution in [0.2, 0.25) is 0 Å². The Hall–Kier alpha value is -4.04. The first kappa shape index (κ1) is 63.3. The molecule has 2 unspecified atom stereocenters. The maximum atomic E-state index is 13.2. The van der Waals surface area contributed by atoms with Crippen molar-refractivity contribution in [2.45, 2.75) is 84.1 Å². The van der Waals surface area contributed by atoms with Crippen LogP contribution in [0.1, 0.15) is 98.8 Å². The fourth-order valence-corrected chi connectivity index (χ4v) is 7.28. The number of carbonyl (C=O) groups excluding carboxylic acids is 6. The fraction of sp³-hybridized carbons (Fsp3) is 0.765. The summed E-state index contributed by atoms with van der Waals surface area (Å²) in [6.45, 7) is 15.3. The van der Waals surface area contributed by atoms with E-state index in [0.717, 1.165) is 43.4 Å². The highest BCUT2D eigenvalue weighted by atomic mass is 16.6. The van der Waals surface area contributed by atoms with Crippen molar-refractivity contribution < 1.29 is 90.3 Å². The number of amides is 5. The molecule has 2 atom stereocenters. The van der Waals surface area contributed by atoms with E-state index in [0.29, 0.717) is 165 Å². The third-order valence-corrected chi connectivity index (χ3v) is 11.2. The second-order valence-corrected chi connectivity index (χ2v) is 16.8. The van der Waals surface area contributed by atoms with E-state index in [4.69, 9.17) is 61.6 Å². The molecular weight excluding hydrogens is 959 g/mol. The molecule has 1 aromatic carbocycles. The van der Waals surface area contributed by atoms with Gasteiger partial charge in [0.25, 0.3) is 11.8 Å². The predicted octanol–water partition coefficient (Wildman–Crippen LogP) is 3.55. The van der Waals surface area contributed by atoms with Crippen LogP contribution in [0.15, 0.2) is 18.2 Å². The van der Waals surface area contributed by atoms with Gasteiger partial charge in [0.15, 0.2) is 0 Å². The van der Waals surface area contributed by atoms with Gasteiger partial charge in [0.05, 0.1) is 175 Å². The van der Waals surface area contributed by atoms with Crippen molar-refractivity contribution in [2.75, 3.05) is 170 Å². The number of anilines is 1. The molecule has 1 fully saturated rings. The summed E-state index contributed by atoms with van der Waals surface area (Å²) in [5.74, 6) is -2.88. The number of nitrogens with one attached hydrogen (secondary N) is 2. The fourth-order valence-electron chi connectivity index (χ4n) is 7.28. The summed E-state index contributed by atoms with van der Waals surface area (Å²) in [6.07, 6.45) is 6.20. The van der Waals surface area contributed by atoms with Crippen LogP contribution < -0.4 is 10.6 Å². The highest BCUT2D eigenvalue weighted by molar-refractivity contribution is 6.26. The number of fused-ring (bicyclic) bond motifs is 1. The summed E-state index contributed by atoms with van der Waals surface area (Å²) in [5.41, 5.74) is 0.370. The molecule has 0 bridgehead atoms. The summed E-state index contributed by atoms with van der Waals surface area (Å²) in [5, 5.41) is 4.91. The number of unbranched alkanes of at least 4 members (excludes halogenated alkanes) is 3. The first-order chi connectivity index (χ1) is 35.8. The number of hydrogen-bond donors (Lipinski definition) is 2. The lowest BCUT2D eigenvalue weighted by molar-refractivity contribution is -0.150. The molecule has 416 valence electrons. The van der Waals surface area contributed by atoms with E-state index in [1.54, 1.807) is 12.1 Å². The lowest BCUT2D eigenvalue weighted by atomic mass is 10.00. The van der Waals surface area contributed by atoms with Crippen LogP contribution >= 0.6 is 0 Å². The molecule has 5 amide bonds. The molecule has 2 heterocycles. The number of imide groups is 2. The third-order valence-electron chi connectivity index (χ3n) is 11.2. The van der Waals surface area contributed by atoms with Gasteiger partial charge in [-0.25, -0.2) is 0 Å². The zero-order valence-corrected chi connectivity index (χ0v) is 43.3. The third kappa shape index (κ3) is 28.4. The number of ether oxygens (including phenoxy) is 13. The Bertz CT molecular complexity index is 1690. The second-order valence-electron chi connectivity index (χ2n) is 16.8. The highest BCUT2D eigenvalue weighted by Gasteiger charge is 2.45. The Morgan fingerprint density at radius 2 is 1.00 bits per heavy atom. The molecule has 0 saturated carbocycles. The molecule has 1 saturated heterocycles. The van der Waals surface area contributed by atoms with Crippen molar-refractivity contribution in [1.29, 1.82) is 0 Å². The van der Waals surface area contributed by atoms with Crippen LogP contribution in [-0.2, 0) is 80.8 Å². The Labute approximate surface area is 430 Å². The molecule has 1 aromatic rings. The van der Waals surface area contributed by atoms with E-state index in [-0.39, 0.29) is 60.5 Å². The van der Waals surface area contributed by atoms with Gasteiger partial charge >= 0.3 is 5.97 Å². The summed E-state index contributed by atoms with van der Waals surface area (Å²) in [7, 11) is 0. The Balaban J connectivity index is 0.947. The maximum absolute atomic E-state index is 13.2. The molecule has 0 aliphatic carbocycles. The normalized spacial score (nSPS) is 15.0. The number of piperidine rings is 1. The number of nitrogens with zero attached hydrogens (tertiary/aromatic N) is 1. The average Bonchev–Trinajstić information content (AvgIpc) is 3.64. The summed E-state index contributed by atoms with van der Waals surface area (Å²) >= 11 is 0. The van der Waals surface area contributed by atoms with Gasteiger partial charge in [-0.3, -0.25) is 39.0 Å². The summed E-state index contributed by atoms with van der Waals surface area (Å²) in [4.78, 5) is 75.7. The summed E-state index contributed by atoms with van der Waals surface area (Å²) < 4.78 is 71.5. The second kappa shape index (κ2) is 42.2. The van der Waals surface area contributed by atoms with E-state index in [1.165, 1.54) is 6.07 Å². The minimum absolute atomic E-state index is 0.0181. The van der Waals surface area contributed by atoms with Crippen LogP contribution in [0.25, 0.3) is 0 Å². The molecule has 2 aliphatic rings. The van der Waals surface area contributed by atoms with E-state index >= 15 is 0 Å². The lowest BCUT2D eigenvalue weighted by Gasteiger charge is -2.27. The molecule has 22 nitrogen and oxygen atoms in total. The quantitative estimate of drug-likeness (QED) is 0.0538. The minimum Gasteiger partial charge on any atom is -0.463 e. The minimum atomic E-state index is -1.08. The molecule has 0 radical (unpaired) electrons. The van der Waals surface area contributed by atoms with Gasteiger partial charge < -0.3 is 66.9 Å². The van der Waals surface area contributed by atoms with Crippen molar-refractivity contribution in [2.24, 2.45) is 5.92 Å². The molecular formula is C51H83N3O19. The smallest absolute Gasteiger partial charge is 0.308 e. The predicted molar refractivity (Wildman–Crippen MR) is 264 cm³/mol. The molecule has 73 heavy (non-hydrogen) atoms. The molecule has 0 spiro atoms. The Morgan fingerprint density at radius 3 is 1.42 bits per heavy atom. The lowest BCUT2D eigenvalue weighted by Crippen LogP contribution is -2.54. The number of carbonyl (C=O) groups is 6. The van der Waals surface area contributed by atoms with E-state index in [1.807, 2.05) is 6.92 Å². The maximum Gasteiger partial charge on any atom is 0.308 e. The molecule has 22 heteroatoms. The van der Waals surface area contributed by atoms with Crippen molar-refractivity contribution in [1.82, 2.24) is 10.2 Å². The van der Waals surface area contributed by atoms with Crippen LogP contribution in [-0.4, -0.2) is 212 Å². The monoisotopic (exact) mass is 1040 g/mol.